The van der Waals surface area contributed by atoms with Crippen LogP contribution in [0.4, 0.5) is 0 Å². The number of aryl methyl sites for hydroxylation is 2. The minimum atomic E-state index is -0.418. The molecule has 0 fully saturated rings. The number of nitrogens with zero attached hydrogens (tertiary/aromatic N) is 2. The maximum atomic E-state index is 12.5. The zero-order valence-corrected chi connectivity index (χ0v) is 20.0. The molecular formula is C24H27ClN2O3S. The standard InChI is InChI=1S/C24H27ClN2O3S/c1-16-13-19(30-18-9-7-6-8-10-18)14-17(2)22(16)29-11-12-31-20-15-26-27(24(3,4)5)23(28)21(20)25/h6-10,13-15H,11-12H2,1-5H3. The molecule has 0 saturated heterocycles. The number of benzene rings is 2. The average molecular weight is 459 g/mol. The highest BCUT2D eigenvalue weighted by molar-refractivity contribution is 7.99. The van der Waals surface area contributed by atoms with Gasteiger partial charge in [0.2, 0.25) is 0 Å². The summed E-state index contributed by atoms with van der Waals surface area (Å²) in [6.07, 6.45) is 1.64. The predicted octanol–water partition coefficient (Wildman–Crippen LogP) is 6.23. The molecule has 1 aromatic heterocycles. The topological polar surface area (TPSA) is 53.4 Å². The summed E-state index contributed by atoms with van der Waals surface area (Å²) in [6.45, 7) is 10.2. The second kappa shape index (κ2) is 9.79. The lowest BCUT2D eigenvalue weighted by atomic mass is 10.1. The fourth-order valence-electron chi connectivity index (χ4n) is 3.11. The van der Waals surface area contributed by atoms with E-state index in [1.165, 1.54) is 16.4 Å². The molecule has 2 aromatic carbocycles. The Labute approximate surface area is 192 Å². The van der Waals surface area contributed by atoms with Crippen molar-refractivity contribution in [3.63, 3.8) is 0 Å². The van der Waals surface area contributed by atoms with Crippen LogP contribution in [0, 0.1) is 13.8 Å². The van der Waals surface area contributed by atoms with Crippen LogP contribution in [0.5, 0.6) is 17.2 Å². The lowest BCUT2D eigenvalue weighted by Crippen LogP contribution is -2.36. The maximum absolute atomic E-state index is 12.5. The number of aromatic nitrogens is 2. The van der Waals surface area contributed by atoms with Gasteiger partial charge >= 0.3 is 0 Å². The third-order valence-electron chi connectivity index (χ3n) is 4.52. The van der Waals surface area contributed by atoms with Crippen LogP contribution in [-0.4, -0.2) is 22.1 Å². The molecule has 1 heterocycles. The van der Waals surface area contributed by atoms with Gasteiger partial charge in [-0.15, -0.1) is 11.8 Å². The zero-order chi connectivity index (χ0) is 22.6. The number of hydrogen-bond donors (Lipinski definition) is 0. The molecule has 0 aliphatic rings. The minimum Gasteiger partial charge on any atom is -0.492 e. The SMILES string of the molecule is Cc1cc(Oc2ccccc2)cc(C)c1OCCSc1cnn(C(C)(C)C)c(=O)c1Cl. The number of halogens is 1. The molecule has 0 aliphatic carbocycles. The average Bonchev–Trinajstić information content (AvgIpc) is 2.69. The van der Waals surface area contributed by atoms with Crippen molar-refractivity contribution in [1.29, 1.82) is 0 Å². The van der Waals surface area contributed by atoms with Crippen LogP contribution >= 0.6 is 23.4 Å². The van der Waals surface area contributed by atoms with Crippen LogP contribution in [0.2, 0.25) is 5.02 Å². The smallest absolute Gasteiger partial charge is 0.287 e. The molecule has 3 rings (SSSR count). The van der Waals surface area contributed by atoms with E-state index >= 15 is 0 Å². The monoisotopic (exact) mass is 458 g/mol. The molecule has 0 atom stereocenters. The van der Waals surface area contributed by atoms with Crippen LogP contribution in [-0.2, 0) is 5.54 Å². The summed E-state index contributed by atoms with van der Waals surface area (Å²) in [7, 11) is 0. The first-order valence-corrected chi connectivity index (χ1v) is 11.4. The number of para-hydroxylation sites is 1. The van der Waals surface area contributed by atoms with E-state index < -0.39 is 5.54 Å². The lowest BCUT2D eigenvalue weighted by Gasteiger charge is -2.21. The molecule has 3 aromatic rings. The molecule has 31 heavy (non-hydrogen) atoms. The van der Waals surface area contributed by atoms with Gasteiger partial charge in [0.05, 0.1) is 23.2 Å². The van der Waals surface area contributed by atoms with E-state index in [9.17, 15) is 4.79 Å². The Morgan fingerprint density at radius 2 is 1.71 bits per heavy atom. The van der Waals surface area contributed by atoms with Gasteiger partial charge in [-0.05, 0) is 70.0 Å². The Morgan fingerprint density at radius 1 is 1.06 bits per heavy atom. The summed E-state index contributed by atoms with van der Waals surface area (Å²) in [5.74, 6) is 3.06. The second-order valence-corrected chi connectivity index (χ2v) is 9.72. The van der Waals surface area contributed by atoms with Gasteiger partial charge in [0, 0.05) is 5.75 Å². The molecular weight excluding hydrogens is 432 g/mol. The Hall–Kier alpha value is -2.44. The van der Waals surface area contributed by atoms with Crippen molar-refractivity contribution >= 4 is 23.4 Å². The number of hydrogen-bond acceptors (Lipinski definition) is 5. The van der Waals surface area contributed by atoms with Crippen LogP contribution < -0.4 is 15.0 Å². The molecule has 0 N–H and O–H groups in total. The summed E-state index contributed by atoms with van der Waals surface area (Å²) in [6, 6.07) is 13.6. The van der Waals surface area contributed by atoms with Crippen molar-refractivity contribution in [2.75, 3.05) is 12.4 Å². The van der Waals surface area contributed by atoms with Gasteiger partial charge in [-0.2, -0.15) is 5.10 Å². The van der Waals surface area contributed by atoms with Crippen molar-refractivity contribution in [3.05, 3.63) is 75.2 Å². The molecule has 0 aliphatic heterocycles. The van der Waals surface area contributed by atoms with E-state index in [0.717, 1.165) is 28.4 Å². The van der Waals surface area contributed by atoms with Crippen molar-refractivity contribution in [2.45, 2.75) is 45.1 Å². The Bertz CT molecular complexity index is 1090. The van der Waals surface area contributed by atoms with E-state index in [-0.39, 0.29) is 10.6 Å². The molecule has 7 heteroatoms. The molecule has 0 saturated carbocycles. The van der Waals surface area contributed by atoms with E-state index in [0.29, 0.717) is 17.3 Å². The summed E-state index contributed by atoms with van der Waals surface area (Å²) in [5.41, 5.74) is 1.31. The Kier molecular flexibility index (Phi) is 7.34. The van der Waals surface area contributed by atoms with E-state index in [1.807, 2.05) is 77.1 Å². The number of ether oxygens (including phenoxy) is 2. The van der Waals surface area contributed by atoms with Crippen LogP contribution in [0.3, 0.4) is 0 Å². The van der Waals surface area contributed by atoms with Crippen molar-refractivity contribution < 1.29 is 9.47 Å². The summed E-state index contributed by atoms with van der Waals surface area (Å²) < 4.78 is 13.3. The lowest BCUT2D eigenvalue weighted by molar-refractivity contribution is 0.335. The normalized spacial score (nSPS) is 11.4. The van der Waals surface area contributed by atoms with E-state index in [4.69, 9.17) is 21.1 Å². The minimum absolute atomic E-state index is 0.199. The zero-order valence-electron chi connectivity index (χ0n) is 18.4. The highest BCUT2D eigenvalue weighted by Gasteiger charge is 2.19. The highest BCUT2D eigenvalue weighted by Crippen LogP contribution is 2.31. The van der Waals surface area contributed by atoms with E-state index in [2.05, 4.69) is 5.10 Å². The summed E-state index contributed by atoms with van der Waals surface area (Å²) >= 11 is 7.74. The first-order valence-electron chi connectivity index (χ1n) is 10.0. The molecule has 0 amide bonds. The van der Waals surface area contributed by atoms with Crippen molar-refractivity contribution in [2.24, 2.45) is 0 Å². The molecule has 0 unspecified atom stereocenters. The second-order valence-electron chi connectivity index (χ2n) is 8.21. The van der Waals surface area contributed by atoms with Gasteiger partial charge in [-0.3, -0.25) is 4.79 Å². The van der Waals surface area contributed by atoms with Gasteiger partial charge in [0.15, 0.2) is 0 Å². The maximum Gasteiger partial charge on any atom is 0.287 e. The van der Waals surface area contributed by atoms with Gasteiger partial charge in [0.1, 0.15) is 22.3 Å². The van der Waals surface area contributed by atoms with Gasteiger partial charge in [-0.1, -0.05) is 29.8 Å². The first-order chi connectivity index (χ1) is 14.7. The summed E-state index contributed by atoms with van der Waals surface area (Å²) in [4.78, 5) is 13.1. The highest BCUT2D eigenvalue weighted by atomic mass is 35.5. The van der Waals surface area contributed by atoms with Crippen LogP contribution in [0.15, 0.2) is 58.4 Å². The predicted molar refractivity (Wildman–Crippen MR) is 127 cm³/mol. The third-order valence-corrected chi connectivity index (χ3v) is 5.99. The van der Waals surface area contributed by atoms with E-state index in [1.54, 1.807) is 6.20 Å². The molecule has 5 nitrogen and oxygen atoms in total. The van der Waals surface area contributed by atoms with Crippen molar-refractivity contribution in [3.8, 4) is 17.2 Å². The first kappa shape index (κ1) is 23.2. The van der Waals surface area contributed by atoms with Crippen LogP contribution in [0.1, 0.15) is 31.9 Å². The Balaban J connectivity index is 1.61. The molecule has 164 valence electrons. The fourth-order valence-corrected chi connectivity index (χ4v) is 4.13. The largest absolute Gasteiger partial charge is 0.492 e. The Morgan fingerprint density at radius 3 is 2.32 bits per heavy atom. The van der Waals surface area contributed by atoms with Gasteiger partial charge < -0.3 is 9.47 Å². The van der Waals surface area contributed by atoms with Crippen LogP contribution in [0.25, 0.3) is 0 Å². The number of thioether (sulfide) groups is 1. The van der Waals surface area contributed by atoms with Gasteiger partial charge in [0.25, 0.3) is 5.56 Å². The van der Waals surface area contributed by atoms with Crippen molar-refractivity contribution in [1.82, 2.24) is 9.78 Å². The fraction of sp³-hybridized carbons (Fsp3) is 0.333. The van der Waals surface area contributed by atoms with Gasteiger partial charge in [-0.25, -0.2) is 4.68 Å². The number of rotatable bonds is 7. The molecule has 0 bridgehead atoms. The quantitative estimate of drug-likeness (QED) is 0.310. The molecule has 0 radical (unpaired) electrons. The molecule has 0 spiro atoms. The third kappa shape index (κ3) is 5.83. The summed E-state index contributed by atoms with van der Waals surface area (Å²) in [5, 5.41) is 4.46.